The van der Waals surface area contributed by atoms with Crippen LogP contribution in [0, 0.1) is 0 Å². The smallest absolute Gasteiger partial charge is 0.416 e. The summed E-state index contributed by atoms with van der Waals surface area (Å²) in [6.45, 7) is 0.993. The molecular weight excluding hydrogens is 359 g/mol. The van der Waals surface area contributed by atoms with Crippen LogP contribution in [0.1, 0.15) is 30.4 Å². The molecule has 1 heterocycles. The lowest BCUT2D eigenvalue weighted by molar-refractivity contribution is -0.138. The first-order chi connectivity index (χ1) is 12.8. The summed E-state index contributed by atoms with van der Waals surface area (Å²) in [5, 5.41) is 9.01. The Morgan fingerprint density at radius 3 is 2.37 bits per heavy atom. The lowest BCUT2D eigenvalue weighted by Gasteiger charge is -2.25. The first-order valence-electron chi connectivity index (χ1n) is 8.70. The summed E-state index contributed by atoms with van der Waals surface area (Å²) in [5.41, 5.74) is 0.908. The Balaban J connectivity index is 1.58. The summed E-state index contributed by atoms with van der Waals surface area (Å²) in [5.74, 6) is -0.198. The predicted octanol–water partition coefficient (Wildman–Crippen LogP) is 4.73. The number of carbonyl (C=O) groups is 1. The summed E-state index contributed by atoms with van der Waals surface area (Å²) in [6.07, 6.45) is -2.40. The van der Waals surface area contributed by atoms with Crippen LogP contribution >= 0.6 is 0 Å². The molecule has 0 radical (unpaired) electrons. The maximum atomic E-state index is 12.6. The number of nitrogens with zero attached hydrogens (tertiary/aromatic N) is 1. The summed E-state index contributed by atoms with van der Waals surface area (Å²) < 4.78 is 43.3. The van der Waals surface area contributed by atoms with Crippen LogP contribution in [0.4, 0.5) is 18.9 Å². The standard InChI is InChI=1S/C20H20F3NO3/c21-20(22,23)15-5-3-14(4-6-15)13-27-18-9-7-16(8-10-18)24-11-1-2-17(24)12-19(25)26/h3-10,17H,1-2,11-13H2,(H,25,26). The van der Waals surface area contributed by atoms with E-state index in [9.17, 15) is 18.0 Å². The fraction of sp³-hybridized carbons (Fsp3) is 0.350. The van der Waals surface area contributed by atoms with Gasteiger partial charge in [0.15, 0.2) is 0 Å². The number of hydrogen-bond acceptors (Lipinski definition) is 3. The molecule has 7 heteroatoms. The molecule has 0 spiro atoms. The van der Waals surface area contributed by atoms with Gasteiger partial charge in [0.05, 0.1) is 12.0 Å². The summed E-state index contributed by atoms with van der Waals surface area (Å²) in [4.78, 5) is 13.1. The third-order valence-electron chi connectivity index (χ3n) is 4.64. The number of aliphatic carboxylic acids is 1. The predicted molar refractivity (Wildman–Crippen MR) is 94.8 cm³/mol. The summed E-state index contributed by atoms with van der Waals surface area (Å²) >= 11 is 0. The third kappa shape index (κ3) is 4.93. The first kappa shape index (κ1) is 19.1. The van der Waals surface area contributed by atoms with Gasteiger partial charge in [0.2, 0.25) is 0 Å². The average molecular weight is 379 g/mol. The van der Waals surface area contributed by atoms with Gasteiger partial charge in [-0.3, -0.25) is 4.79 Å². The van der Waals surface area contributed by atoms with E-state index in [1.54, 1.807) is 12.1 Å². The van der Waals surface area contributed by atoms with Crippen molar-refractivity contribution in [2.24, 2.45) is 0 Å². The highest BCUT2D eigenvalue weighted by molar-refractivity contribution is 5.69. The van der Waals surface area contributed by atoms with Crippen molar-refractivity contribution in [3.05, 3.63) is 59.7 Å². The number of alkyl halides is 3. The molecule has 0 amide bonds. The number of carboxylic acids is 1. The Hall–Kier alpha value is -2.70. The molecule has 0 aromatic heterocycles. The van der Waals surface area contributed by atoms with Crippen molar-refractivity contribution in [3.8, 4) is 5.75 Å². The minimum atomic E-state index is -4.34. The van der Waals surface area contributed by atoms with E-state index in [0.29, 0.717) is 11.3 Å². The molecule has 3 rings (SSSR count). The first-order valence-corrected chi connectivity index (χ1v) is 8.70. The normalized spacial score (nSPS) is 17.1. The second kappa shape index (κ2) is 7.90. The Labute approximate surface area is 155 Å². The van der Waals surface area contributed by atoms with E-state index in [-0.39, 0.29) is 19.1 Å². The average Bonchev–Trinajstić information content (AvgIpc) is 3.07. The monoisotopic (exact) mass is 379 g/mol. The van der Waals surface area contributed by atoms with Gasteiger partial charge in [0.1, 0.15) is 12.4 Å². The van der Waals surface area contributed by atoms with Crippen LogP contribution in [0.2, 0.25) is 0 Å². The quantitative estimate of drug-likeness (QED) is 0.789. The molecule has 1 N–H and O–H groups in total. The Morgan fingerprint density at radius 2 is 1.78 bits per heavy atom. The molecular formula is C20H20F3NO3. The minimum absolute atomic E-state index is 0.00131. The van der Waals surface area contributed by atoms with Crippen LogP contribution in [0.15, 0.2) is 48.5 Å². The van der Waals surface area contributed by atoms with Gasteiger partial charge in [-0.05, 0) is 54.8 Å². The van der Waals surface area contributed by atoms with Crippen LogP contribution in [-0.4, -0.2) is 23.7 Å². The molecule has 1 aliphatic rings. The molecule has 27 heavy (non-hydrogen) atoms. The number of carboxylic acid groups (broad SMARTS) is 1. The van der Waals surface area contributed by atoms with Crippen molar-refractivity contribution in [3.63, 3.8) is 0 Å². The van der Waals surface area contributed by atoms with E-state index < -0.39 is 17.7 Å². The zero-order chi connectivity index (χ0) is 19.4. The van der Waals surface area contributed by atoms with Gasteiger partial charge in [-0.25, -0.2) is 0 Å². The lowest BCUT2D eigenvalue weighted by atomic mass is 10.1. The number of hydrogen-bond donors (Lipinski definition) is 1. The van der Waals surface area contributed by atoms with Crippen molar-refractivity contribution in [2.45, 2.75) is 38.1 Å². The van der Waals surface area contributed by atoms with Crippen molar-refractivity contribution >= 4 is 11.7 Å². The van der Waals surface area contributed by atoms with Gasteiger partial charge in [-0.15, -0.1) is 0 Å². The van der Waals surface area contributed by atoms with Crippen molar-refractivity contribution in [1.82, 2.24) is 0 Å². The van der Waals surface area contributed by atoms with Gasteiger partial charge >= 0.3 is 12.1 Å². The molecule has 1 unspecified atom stereocenters. The molecule has 2 aromatic carbocycles. The van der Waals surface area contributed by atoms with E-state index in [1.807, 2.05) is 12.1 Å². The zero-order valence-electron chi connectivity index (χ0n) is 14.6. The van der Waals surface area contributed by atoms with E-state index in [2.05, 4.69) is 4.90 Å². The van der Waals surface area contributed by atoms with Crippen molar-refractivity contribution < 1.29 is 27.8 Å². The third-order valence-corrected chi connectivity index (χ3v) is 4.64. The largest absolute Gasteiger partial charge is 0.489 e. The Bertz CT molecular complexity index is 773. The number of benzene rings is 2. The number of ether oxygens (including phenoxy) is 1. The van der Waals surface area contributed by atoms with Crippen LogP contribution < -0.4 is 9.64 Å². The lowest BCUT2D eigenvalue weighted by Crippen LogP contribution is -2.31. The van der Waals surface area contributed by atoms with Gasteiger partial charge < -0.3 is 14.7 Å². The summed E-state index contributed by atoms with van der Waals surface area (Å²) in [7, 11) is 0. The Morgan fingerprint density at radius 1 is 1.11 bits per heavy atom. The molecule has 1 fully saturated rings. The van der Waals surface area contributed by atoms with Gasteiger partial charge in [0.25, 0.3) is 0 Å². The molecule has 1 atom stereocenters. The highest BCUT2D eigenvalue weighted by atomic mass is 19.4. The molecule has 0 saturated carbocycles. The highest BCUT2D eigenvalue weighted by Crippen LogP contribution is 2.30. The van der Waals surface area contributed by atoms with Crippen LogP contribution in [0.5, 0.6) is 5.75 Å². The van der Waals surface area contributed by atoms with E-state index >= 15 is 0 Å². The van der Waals surface area contributed by atoms with E-state index in [0.717, 1.165) is 37.2 Å². The highest BCUT2D eigenvalue weighted by Gasteiger charge is 2.30. The fourth-order valence-electron chi connectivity index (χ4n) is 3.28. The minimum Gasteiger partial charge on any atom is -0.489 e. The zero-order valence-corrected chi connectivity index (χ0v) is 14.6. The van der Waals surface area contributed by atoms with Gasteiger partial charge in [0, 0.05) is 18.3 Å². The Kier molecular flexibility index (Phi) is 5.58. The number of rotatable bonds is 6. The molecule has 0 bridgehead atoms. The number of anilines is 1. The SMILES string of the molecule is O=C(O)CC1CCCN1c1ccc(OCc2ccc(C(F)(F)F)cc2)cc1. The molecule has 144 valence electrons. The molecule has 0 aliphatic carbocycles. The second-order valence-electron chi connectivity index (χ2n) is 6.56. The maximum absolute atomic E-state index is 12.6. The van der Waals surface area contributed by atoms with E-state index in [1.165, 1.54) is 12.1 Å². The number of halogens is 3. The van der Waals surface area contributed by atoms with Crippen molar-refractivity contribution in [2.75, 3.05) is 11.4 Å². The van der Waals surface area contributed by atoms with E-state index in [4.69, 9.17) is 9.84 Å². The van der Waals surface area contributed by atoms with Gasteiger partial charge in [-0.1, -0.05) is 12.1 Å². The molecule has 1 aliphatic heterocycles. The van der Waals surface area contributed by atoms with Crippen LogP contribution in [-0.2, 0) is 17.6 Å². The maximum Gasteiger partial charge on any atom is 0.416 e. The molecule has 2 aromatic rings. The van der Waals surface area contributed by atoms with Crippen molar-refractivity contribution in [1.29, 1.82) is 0 Å². The van der Waals surface area contributed by atoms with Crippen LogP contribution in [0.25, 0.3) is 0 Å². The van der Waals surface area contributed by atoms with Crippen LogP contribution in [0.3, 0.4) is 0 Å². The summed E-state index contributed by atoms with van der Waals surface area (Å²) in [6, 6.07) is 12.2. The fourth-order valence-corrected chi connectivity index (χ4v) is 3.28. The molecule has 4 nitrogen and oxygen atoms in total. The molecule has 1 saturated heterocycles. The second-order valence-corrected chi connectivity index (χ2v) is 6.56. The van der Waals surface area contributed by atoms with Gasteiger partial charge in [-0.2, -0.15) is 13.2 Å². The topological polar surface area (TPSA) is 49.8 Å².